The Morgan fingerprint density at radius 1 is 1.29 bits per heavy atom. The first kappa shape index (κ1) is 17.4. The third-order valence-electron chi connectivity index (χ3n) is 5.63. The van der Waals surface area contributed by atoms with Crippen LogP contribution in [0.15, 0.2) is 30.3 Å². The molecule has 0 spiro atoms. The molecule has 2 aliphatic heterocycles. The van der Waals surface area contributed by atoms with Gasteiger partial charge in [-0.1, -0.05) is 37.3 Å². The normalized spacial score (nSPS) is 24.5. The molecule has 1 unspecified atom stereocenters. The van der Waals surface area contributed by atoms with E-state index in [1.54, 1.807) is 0 Å². The van der Waals surface area contributed by atoms with Crippen molar-refractivity contribution in [2.24, 2.45) is 11.3 Å². The van der Waals surface area contributed by atoms with Crippen LogP contribution in [0.1, 0.15) is 38.2 Å². The fraction of sp³-hybridized carbons (Fsp3) is 0.650. The average molecular weight is 329 g/mol. The lowest BCUT2D eigenvalue weighted by Crippen LogP contribution is -2.47. The summed E-state index contributed by atoms with van der Waals surface area (Å²) in [6, 6.07) is 10.6. The quantitative estimate of drug-likeness (QED) is 0.872. The van der Waals surface area contributed by atoms with Crippen LogP contribution in [0.25, 0.3) is 0 Å². The van der Waals surface area contributed by atoms with Gasteiger partial charge in [-0.15, -0.1) is 0 Å². The number of carbonyl (C=O) groups excluding carboxylic acids is 1. The highest BCUT2D eigenvalue weighted by molar-refractivity contribution is 5.79. The Kier molecular flexibility index (Phi) is 5.90. The van der Waals surface area contributed by atoms with E-state index in [-0.39, 0.29) is 17.2 Å². The number of amides is 1. The SMILES string of the molecule is CC1(CNC(=O)C2CCCN(Cc3ccccc3)C2)CCNCC1. The molecule has 24 heavy (non-hydrogen) atoms. The van der Waals surface area contributed by atoms with Gasteiger partial charge in [0.2, 0.25) is 5.91 Å². The molecule has 1 aromatic carbocycles. The van der Waals surface area contributed by atoms with Gasteiger partial charge in [0.25, 0.3) is 0 Å². The van der Waals surface area contributed by atoms with Gasteiger partial charge in [-0.3, -0.25) is 9.69 Å². The van der Waals surface area contributed by atoms with Gasteiger partial charge in [-0.25, -0.2) is 0 Å². The molecule has 1 atom stereocenters. The van der Waals surface area contributed by atoms with Crippen molar-refractivity contribution in [3.8, 4) is 0 Å². The molecule has 2 aliphatic rings. The van der Waals surface area contributed by atoms with E-state index in [2.05, 4.69) is 52.8 Å². The Morgan fingerprint density at radius 2 is 2.04 bits per heavy atom. The van der Waals surface area contributed by atoms with Gasteiger partial charge in [-0.2, -0.15) is 0 Å². The van der Waals surface area contributed by atoms with Crippen molar-refractivity contribution in [3.05, 3.63) is 35.9 Å². The molecular weight excluding hydrogens is 298 g/mol. The van der Waals surface area contributed by atoms with Crippen LogP contribution >= 0.6 is 0 Å². The van der Waals surface area contributed by atoms with E-state index < -0.39 is 0 Å². The highest BCUT2D eigenvalue weighted by Gasteiger charge is 2.30. The zero-order chi connectivity index (χ0) is 16.8. The minimum absolute atomic E-state index is 0.146. The Bertz CT molecular complexity index is 525. The van der Waals surface area contributed by atoms with Crippen LogP contribution < -0.4 is 10.6 Å². The lowest BCUT2D eigenvalue weighted by Gasteiger charge is -2.36. The van der Waals surface area contributed by atoms with Gasteiger partial charge >= 0.3 is 0 Å². The standard InChI is InChI=1S/C20H31N3O/c1-20(9-11-21-12-10-20)16-22-19(24)18-8-5-13-23(15-18)14-17-6-3-2-4-7-17/h2-4,6-7,18,21H,5,8-16H2,1H3,(H,22,24). The fourth-order valence-electron chi connectivity index (χ4n) is 3.91. The van der Waals surface area contributed by atoms with Crippen molar-refractivity contribution >= 4 is 5.91 Å². The number of carbonyl (C=O) groups is 1. The number of piperidine rings is 2. The van der Waals surface area contributed by atoms with E-state index in [4.69, 9.17) is 0 Å². The minimum Gasteiger partial charge on any atom is -0.355 e. The van der Waals surface area contributed by atoms with Crippen LogP contribution in [-0.4, -0.2) is 43.5 Å². The number of hydrogen-bond donors (Lipinski definition) is 2. The van der Waals surface area contributed by atoms with Crippen LogP contribution in [0.4, 0.5) is 0 Å². The molecule has 2 saturated heterocycles. The van der Waals surface area contributed by atoms with Crippen molar-refractivity contribution in [2.45, 2.75) is 39.2 Å². The molecule has 3 rings (SSSR count). The second-order valence-corrected chi connectivity index (χ2v) is 7.84. The lowest BCUT2D eigenvalue weighted by molar-refractivity contribution is -0.127. The second kappa shape index (κ2) is 8.13. The molecule has 0 aliphatic carbocycles. The Morgan fingerprint density at radius 3 is 2.79 bits per heavy atom. The zero-order valence-electron chi connectivity index (χ0n) is 14.9. The molecule has 0 saturated carbocycles. The summed E-state index contributed by atoms with van der Waals surface area (Å²) < 4.78 is 0. The van der Waals surface area contributed by atoms with Gasteiger partial charge in [-0.05, 0) is 56.3 Å². The monoisotopic (exact) mass is 329 g/mol. The molecule has 1 amide bonds. The van der Waals surface area contributed by atoms with Crippen LogP contribution in [-0.2, 0) is 11.3 Å². The molecule has 0 bridgehead atoms. The second-order valence-electron chi connectivity index (χ2n) is 7.84. The van der Waals surface area contributed by atoms with Gasteiger partial charge in [0.1, 0.15) is 0 Å². The van der Waals surface area contributed by atoms with E-state index in [1.165, 1.54) is 5.56 Å². The number of rotatable bonds is 5. The Balaban J connectivity index is 1.48. The van der Waals surface area contributed by atoms with Crippen LogP contribution in [0.2, 0.25) is 0 Å². The van der Waals surface area contributed by atoms with Crippen LogP contribution in [0.3, 0.4) is 0 Å². The molecule has 1 aromatic rings. The van der Waals surface area contributed by atoms with E-state index in [9.17, 15) is 4.79 Å². The zero-order valence-corrected chi connectivity index (χ0v) is 14.9. The van der Waals surface area contributed by atoms with Crippen molar-refractivity contribution in [2.75, 3.05) is 32.7 Å². The maximum Gasteiger partial charge on any atom is 0.224 e. The molecule has 4 nitrogen and oxygen atoms in total. The first-order chi connectivity index (χ1) is 11.6. The van der Waals surface area contributed by atoms with Crippen LogP contribution in [0, 0.1) is 11.3 Å². The number of nitrogens with zero attached hydrogens (tertiary/aromatic N) is 1. The fourth-order valence-corrected chi connectivity index (χ4v) is 3.91. The van der Waals surface area contributed by atoms with E-state index in [0.29, 0.717) is 0 Å². The van der Waals surface area contributed by atoms with Crippen molar-refractivity contribution in [3.63, 3.8) is 0 Å². The minimum atomic E-state index is 0.146. The summed E-state index contributed by atoms with van der Waals surface area (Å²) in [5.74, 6) is 0.403. The molecule has 2 N–H and O–H groups in total. The first-order valence-electron chi connectivity index (χ1n) is 9.39. The van der Waals surface area contributed by atoms with Gasteiger partial charge in [0.05, 0.1) is 5.92 Å². The average Bonchev–Trinajstić information content (AvgIpc) is 2.61. The molecule has 4 heteroatoms. The van der Waals surface area contributed by atoms with Crippen molar-refractivity contribution in [1.82, 2.24) is 15.5 Å². The van der Waals surface area contributed by atoms with E-state index in [1.807, 2.05) is 0 Å². The van der Waals surface area contributed by atoms with E-state index in [0.717, 1.165) is 65.0 Å². The largest absolute Gasteiger partial charge is 0.355 e. The topological polar surface area (TPSA) is 44.4 Å². The Labute approximate surface area is 146 Å². The third-order valence-corrected chi connectivity index (χ3v) is 5.63. The van der Waals surface area contributed by atoms with Gasteiger partial charge in [0.15, 0.2) is 0 Å². The summed E-state index contributed by atoms with van der Waals surface area (Å²) in [6.07, 6.45) is 4.44. The number of nitrogens with one attached hydrogen (secondary N) is 2. The first-order valence-corrected chi connectivity index (χ1v) is 9.39. The highest BCUT2D eigenvalue weighted by atomic mass is 16.1. The highest BCUT2D eigenvalue weighted by Crippen LogP contribution is 2.27. The van der Waals surface area contributed by atoms with Gasteiger partial charge < -0.3 is 10.6 Å². The summed E-state index contributed by atoms with van der Waals surface area (Å²) in [6.45, 7) is 8.20. The summed E-state index contributed by atoms with van der Waals surface area (Å²) >= 11 is 0. The predicted octanol–water partition coefficient (Wildman–Crippen LogP) is 2.40. The molecule has 0 radical (unpaired) electrons. The molecular formula is C20H31N3O. The maximum atomic E-state index is 12.6. The summed E-state index contributed by atoms with van der Waals surface area (Å²) in [5.41, 5.74) is 1.60. The molecule has 132 valence electrons. The summed E-state index contributed by atoms with van der Waals surface area (Å²) in [4.78, 5) is 15.1. The smallest absolute Gasteiger partial charge is 0.224 e. The number of hydrogen-bond acceptors (Lipinski definition) is 3. The maximum absolute atomic E-state index is 12.6. The Hall–Kier alpha value is -1.39. The van der Waals surface area contributed by atoms with E-state index >= 15 is 0 Å². The van der Waals surface area contributed by atoms with Gasteiger partial charge in [0, 0.05) is 19.6 Å². The van der Waals surface area contributed by atoms with Crippen molar-refractivity contribution < 1.29 is 4.79 Å². The molecule has 2 fully saturated rings. The third kappa shape index (κ3) is 4.81. The van der Waals surface area contributed by atoms with Crippen molar-refractivity contribution in [1.29, 1.82) is 0 Å². The molecule has 0 aromatic heterocycles. The number of benzene rings is 1. The summed E-state index contributed by atoms with van der Waals surface area (Å²) in [5, 5.41) is 6.65. The molecule has 2 heterocycles. The summed E-state index contributed by atoms with van der Waals surface area (Å²) in [7, 11) is 0. The predicted molar refractivity (Wildman–Crippen MR) is 97.7 cm³/mol. The number of likely N-dealkylation sites (tertiary alicyclic amines) is 1. The lowest BCUT2D eigenvalue weighted by atomic mass is 9.81. The van der Waals surface area contributed by atoms with Crippen LogP contribution in [0.5, 0.6) is 0 Å².